The van der Waals surface area contributed by atoms with E-state index in [9.17, 15) is 0 Å². The molecule has 0 saturated carbocycles. The molecule has 0 rings (SSSR count). The molecule has 1 N–H and O–H groups in total. The minimum absolute atomic E-state index is 0.243. The molecule has 0 aromatic rings. The molecule has 86 valence electrons. The Labute approximate surface area is 94.2 Å². The van der Waals surface area contributed by atoms with Gasteiger partial charge in [0.05, 0.1) is 0 Å². The van der Waals surface area contributed by atoms with Crippen molar-refractivity contribution in [3.05, 3.63) is 36.5 Å². The molecule has 0 heterocycles. The highest BCUT2D eigenvalue weighted by molar-refractivity contribution is 5.04. The fraction of sp³-hybridized carbons (Fsp3) is 0.571. The first-order valence-electron chi connectivity index (χ1n) is 5.64. The Morgan fingerprint density at radius 3 is 2.53 bits per heavy atom. The average molecular weight is 208 g/mol. The molecule has 0 aliphatic rings. The third-order valence-electron chi connectivity index (χ3n) is 2.67. The Morgan fingerprint density at radius 1 is 1.40 bits per heavy atom. The van der Waals surface area contributed by atoms with Crippen molar-refractivity contribution < 1.29 is 5.11 Å². The first kappa shape index (κ1) is 14.2. The van der Waals surface area contributed by atoms with Crippen LogP contribution in [0.3, 0.4) is 0 Å². The molecule has 0 aliphatic heterocycles. The van der Waals surface area contributed by atoms with Crippen LogP contribution >= 0.6 is 0 Å². The zero-order valence-corrected chi connectivity index (χ0v) is 10.1. The standard InChI is InChI=1S/C14H24O/c1-5-6-7-14(12(2)3)9-8-13(4)10-11-15/h5,8,14-15H,1-2,6-7,9-11H2,3-4H3. The summed E-state index contributed by atoms with van der Waals surface area (Å²) < 4.78 is 0. The molecule has 0 radical (unpaired) electrons. The summed E-state index contributed by atoms with van der Waals surface area (Å²) >= 11 is 0. The summed E-state index contributed by atoms with van der Waals surface area (Å²) in [4.78, 5) is 0. The molecular formula is C14H24O. The van der Waals surface area contributed by atoms with Crippen molar-refractivity contribution in [3.63, 3.8) is 0 Å². The van der Waals surface area contributed by atoms with Crippen LogP contribution in [-0.4, -0.2) is 11.7 Å². The van der Waals surface area contributed by atoms with E-state index in [0.29, 0.717) is 5.92 Å². The van der Waals surface area contributed by atoms with Gasteiger partial charge in [0.15, 0.2) is 0 Å². The number of hydrogen-bond donors (Lipinski definition) is 1. The van der Waals surface area contributed by atoms with Gasteiger partial charge in [0.2, 0.25) is 0 Å². The maximum Gasteiger partial charge on any atom is 0.0468 e. The van der Waals surface area contributed by atoms with Crippen molar-refractivity contribution in [1.82, 2.24) is 0 Å². The number of aliphatic hydroxyl groups excluding tert-OH is 1. The van der Waals surface area contributed by atoms with Crippen LogP contribution in [0.5, 0.6) is 0 Å². The van der Waals surface area contributed by atoms with Crippen molar-refractivity contribution in [2.75, 3.05) is 6.61 Å². The van der Waals surface area contributed by atoms with E-state index < -0.39 is 0 Å². The first-order valence-corrected chi connectivity index (χ1v) is 5.64. The quantitative estimate of drug-likeness (QED) is 0.600. The van der Waals surface area contributed by atoms with Crippen LogP contribution in [0.2, 0.25) is 0 Å². The first-order chi connectivity index (χ1) is 7.11. The molecule has 0 amide bonds. The van der Waals surface area contributed by atoms with Gasteiger partial charge in [-0.2, -0.15) is 0 Å². The predicted octanol–water partition coefficient (Wildman–Crippen LogP) is 3.86. The van der Waals surface area contributed by atoms with Gasteiger partial charge < -0.3 is 5.11 Å². The molecule has 0 aromatic carbocycles. The van der Waals surface area contributed by atoms with Gasteiger partial charge in [-0.05, 0) is 45.4 Å². The molecule has 0 fully saturated rings. The normalized spacial score (nSPS) is 13.7. The molecule has 15 heavy (non-hydrogen) atoms. The number of rotatable bonds is 8. The predicted molar refractivity (Wildman–Crippen MR) is 67.8 cm³/mol. The van der Waals surface area contributed by atoms with Crippen molar-refractivity contribution >= 4 is 0 Å². The topological polar surface area (TPSA) is 20.2 Å². The molecule has 1 unspecified atom stereocenters. The molecule has 0 aromatic heterocycles. The third-order valence-corrected chi connectivity index (χ3v) is 2.67. The number of allylic oxidation sites excluding steroid dienone is 3. The zero-order chi connectivity index (χ0) is 11.7. The van der Waals surface area contributed by atoms with E-state index in [-0.39, 0.29) is 6.61 Å². The van der Waals surface area contributed by atoms with Crippen LogP contribution in [-0.2, 0) is 0 Å². The van der Waals surface area contributed by atoms with Crippen LogP contribution in [0, 0.1) is 5.92 Å². The summed E-state index contributed by atoms with van der Waals surface area (Å²) in [5.74, 6) is 0.552. The van der Waals surface area contributed by atoms with Gasteiger partial charge in [0.25, 0.3) is 0 Å². The van der Waals surface area contributed by atoms with E-state index in [1.165, 1.54) is 11.1 Å². The molecular weight excluding hydrogens is 184 g/mol. The minimum atomic E-state index is 0.243. The van der Waals surface area contributed by atoms with Gasteiger partial charge in [-0.3, -0.25) is 0 Å². The summed E-state index contributed by atoms with van der Waals surface area (Å²) in [6.45, 7) is 12.2. The van der Waals surface area contributed by atoms with Gasteiger partial charge in [-0.1, -0.05) is 29.9 Å². The molecule has 0 spiro atoms. The monoisotopic (exact) mass is 208 g/mol. The minimum Gasteiger partial charge on any atom is -0.396 e. The van der Waals surface area contributed by atoms with Gasteiger partial charge in [-0.15, -0.1) is 6.58 Å². The SMILES string of the molecule is C=CCCC(CC=C(C)CCO)C(=C)C. The maximum atomic E-state index is 8.78. The zero-order valence-electron chi connectivity index (χ0n) is 10.1. The highest BCUT2D eigenvalue weighted by Gasteiger charge is 2.06. The lowest BCUT2D eigenvalue weighted by Gasteiger charge is -2.14. The third kappa shape index (κ3) is 7.15. The highest BCUT2D eigenvalue weighted by Crippen LogP contribution is 2.21. The summed E-state index contributed by atoms with van der Waals surface area (Å²) in [6.07, 6.45) is 8.17. The maximum absolute atomic E-state index is 8.78. The molecule has 1 heteroatoms. The van der Waals surface area contributed by atoms with Crippen molar-refractivity contribution in [1.29, 1.82) is 0 Å². The van der Waals surface area contributed by atoms with Crippen LogP contribution in [0.4, 0.5) is 0 Å². The largest absolute Gasteiger partial charge is 0.396 e. The Hall–Kier alpha value is -0.820. The summed E-state index contributed by atoms with van der Waals surface area (Å²) in [5.41, 5.74) is 2.51. The number of hydrogen-bond acceptors (Lipinski definition) is 1. The summed E-state index contributed by atoms with van der Waals surface area (Å²) in [5, 5.41) is 8.78. The fourth-order valence-electron chi connectivity index (χ4n) is 1.51. The second-order valence-electron chi connectivity index (χ2n) is 4.17. The van der Waals surface area contributed by atoms with Gasteiger partial charge in [0, 0.05) is 6.61 Å². The molecule has 1 nitrogen and oxygen atoms in total. The van der Waals surface area contributed by atoms with E-state index in [4.69, 9.17) is 5.11 Å². The van der Waals surface area contributed by atoms with Gasteiger partial charge >= 0.3 is 0 Å². The van der Waals surface area contributed by atoms with Gasteiger partial charge in [0.1, 0.15) is 0 Å². The van der Waals surface area contributed by atoms with Crippen LogP contribution in [0.25, 0.3) is 0 Å². The second-order valence-corrected chi connectivity index (χ2v) is 4.17. The molecule has 0 bridgehead atoms. The van der Waals surface area contributed by atoms with Crippen molar-refractivity contribution in [2.45, 2.75) is 39.5 Å². The molecule has 0 saturated heterocycles. The summed E-state index contributed by atoms with van der Waals surface area (Å²) in [6, 6.07) is 0. The van der Waals surface area contributed by atoms with Crippen molar-refractivity contribution in [2.24, 2.45) is 5.92 Å². The van der Waals surface area contributed by atoms with Crippen LogP contribution < -0.4 is 0 Å². The number of aliphatic hydroxyl groups is 1. The Bertz CT molecular complexity index is 225. The van der Waals surface area contributed by atoms with Crippen LogP contribution in [0.1, 0.15) is 39.5 Å². The van der Waals surface area contributed by atoms with E-state index >= 15 is 0 Å². The molecule has 1 atom stereocenters. The fourth-order valence-corrected chi connectivity index (χ4v) is 1.51. The Kier molecular flexibility index (Phi) is 8.02. The average Bonchev–Trinajstić information content (AvgIpc) is 2.17. The van der Waals surface area contributed by atoms with Crippen LogP contribution in [0.15, 0.2) is 36.5 Å². The Balaban J connectivity index is 4.10. The van der Waals surface area contributed by atoms with E-state index in [1.54, 1.807) is 0 Å². The van der Waals surface area contributed by atoms with Gasteiger partial charge in [-0.25, -0.2) is 0 Å². The van der Waals surface area contributed by atoms with E-state index in [0.717, 1.165) is 25.7 Å². The van der Waals surface area contributed by atoms with Crippen molar-refractivity contribution in [3.8, 4) is 0 Å². The molecule has 0 aliphatic carbocycles. The van der Waals surface area contributed by atoms with E-state index in [1.807, 2.05) is 6.08 Å². The smallest absolute Gasteiger partial charge is 0.0468 e. The summed E-state index contributed by atoms with van der Waals surface area (Å²) in [7, 11) is 0. The van der Waals surface area contributed by atoms with E-state index in [2.05, 4.69) is 33.1 Å². The lowest BCUT2D eigenvalue weighted by molar-refractivity contribution is 0.299. The highest BCUT2D eigenvalue weighted by atomic mass is 16.2. The lowest BCUT2D eigenvalue weighted by Crippen LogP contribution is -2.00. The second kappa shape index (κ2) is 8.49. The Morgan fingerprint density at radius 2 is 2.07 bits per heavy atom. The lowest BCUT2D eigenvalue weighted by atomic mass is 9.92.